The fourth-order valence-corrected chi connectivity index (χ4v) is 2.68. The molecule has 0 saturated carbocycles. The van der Waals surface area contributed by atoms with Gasteiger partial charge in [-0.05, 0) is 30.3 Å². The number of halogens is 2. The van der Waals surface area contributed by atoms with Gasteiger partial charge in [-0.2, -0.15) is 0 Å². The van der Waals surface area contributed by atoms with E-state index in [1.54, 1.807) is 18.2 Å². The van der Waals surface area contributed by atoms with Crippen molar-refractivity contribution < 1.29 is 9.53 Å². The Morgan fingerprint density at radius 1 is 1.17 bits per heavy atom. The first-order valence-corrected chi connectivity index (χ1v) is 7.94. The zero-order valence-corrected chi connectivity index (χ0v) is 13.8. The van der Waals surface area contributed by atoms with Crippen LogP contribution in [0.2, 0.25) is 10.2 Å². The van der Waals surface area contributed by atoms with Crippen LogP contribution in [0.25, 0.3) is 0 Å². The van der Waals surface area contributed by atoms with E-state index < -0.39 is 0 Å². The number of nitrogens with zero attached hydrogens (tertiary/aromatic N) is 2. The third kappa shape index (κ3) is 3.93. The van der Waals surface area contributed by atoms with Gasteiger partial charge >= 0.3 is 0 Å². The minimum Gasteiger partial charge on any atom is -0.378 e. The summed E-state index contributed by atoms with van der Waals surface area (Å²) in [6, 6.07) is 8.67. The van der Waals surface area contributed by atoms with Crippen molar-refractivity contribution in [3.63, 3.8) is 0 Å². The maximum Gasteiger partial charge on any atom is 0.257 e. The molecule has 0 radical (unpaired) electrons. The van der Waals surface area contributed by atoms with Gasteiger partial charge in [-0.3, -0.25) is 4.79 Å². The van der Waals surface area contributed by atoms with E-state index in [1.807, 2.05) is 12.1 Å². The van der Waals surface area contributed by atoms with Crippen molar-refractivity contribution >= 4 is 40.5 Å². The minimum atomic E-state index is -0.258. The van der Waals surface area contributed by atoms with E-state index in [-0.39, 0.29) is 5.91 Å². The molecule has 1 saturated heterocycles. The standard InChI is InChI=1S/C16H15Cl2N3O2/c17-12-2-3-14(21-5-7-23-8-6-21)13(9-12)20-16(22)11-1-4-15(18)19-10-11/h1-4,9-10H,5-8H2,(H,20,22). The monoisotopic (exact) mass is 351 g/mol. The van der Waals surface area contributed by atoms with Gasteiger partial charge in [0.2, 0.25) is 0 Å². The van der Waals surface area contributed by atoms with Crippen molar-refractivity contribution in [2.45, 2.75) is 0 Å². The van der Waals surface area contributed by atoms with Crippen LogP contribution < -0.4 is 10.2 Å². The molecule has 0 bridgehead atoms. The first-order valence-electron chi connectivity index (χ1n) is 7.18. The van der Waals surface area contributed by atoms with Gasteiger partial charge in [-0.15, -0.1) is 0 Å². The lowest BCUT2D eigenvalue weighted by atomic mass is 10.2. The number of amides is 1. The van der Waals surface area contributed by atoms with Gasteiger partial charge in [-0.25, -0.2) is 4.98 Å². The number of nitrogens with one attached hydrogen (secondary N) is 1. The second-order valence-electron chi connectivity index (χ2n) is 5.08. The fourth-order valence-electron chi connectivity index (χ4n) is 2.39. The summed E-state index contributed by atoms with van der Waals surface area (Å²) in [4.78, 5) is 18.5. The molecule has 1 aromatic heterocycles. The van der Waals surface area contributed by atoms with E-state index >= 15 is 0 Å². The molecule has 1 fully saturated rings. The van der Waals surface area contributed by atoms with Crippen LogP contribution in [-0.4, -0.2) is 37.2 Å². The Bertz CT molecular complexity index is 701. The number of ether oxygens (including phenoxy) is 1. The molecule has 0 aliphatic carbocycles. The van der Waals surface area contributed by atoms with Gasteiger partial charge < -0.3 is 15.0 Å². The molecule has 7 heteroatoms. The second-order valence-corrected chi connectivity index (χ2v) is 5.91. The molecule has 0 atom stereocenters. The Hall–Kier alpha value is -1.82. The number of carbonyl (C=O) groups excluding carboxylic acids is 1. The predicted molar refractivity (Wildman–Crippen MR) is 91.7 cm³/mol. The van der Waals surface area contributed by atoms with Crippen molar-refractivity contribution in [1.29, 1.82) is 0 Å². The molecule has 1 aromatic carbocycles. The summed E-state index contributed by atoms with van der Waals surface area (Å²) in [6.45, 7) is 2.87. The van der Waals surface area contributed by atoms with E-state index in [4.69, 9.17) is 27.9 Å². The van der Waals surface area contributed by atoms with Gasteiger partial charge in [0.15, 0.2) is 0 Å². The summed E-state index contributed by atoms with van der Waals surface area (Å²) < 4.78 is 5.37. The van der Waals surface area contributed by atoms with Crippen molar-refractivity contribution in [3.8, 4) is 0 Å². The molecule has 5 nitrogen and oxygen atoms in total. The summed E-state index contributed by atoms with van der Waals surface area (Å²) in [5.41, 5.74) is 2.02. The average Bonchev–Trinajstić information content (AvgIpc) is 2.56. The number of aromatic nitrogens is 1. The topological polar surface area (TPSA) is 54.5 Å². The van der Waals surface area contributed by atoms with Gasteiger partial charge in [0.25, 0.3) is 5.91 Å². The molecule has 0 spiro atoms. The first-order chi connectivity index (χ1) is 11.1. The van der Waals surface area contributed by atoms with E-state index in [0.717, 1.165) is 18.8 Å². The highest BCUT2D eigenvalue weighted by atomic mass is 35.5. The highest BCUT2D eigenvalue weighted by Crippen LogP contribution is 2.30. The van der Waals surface area contributed by atoms with Crippen LogP contribution >= 0.6 is 23.2 Å². The van der Waals surface area contributed by atoms with Gasteiger partial charge in [0.05, 0.1) is 30.2 Å². The van der Waals surface area contributed by atoms with E-state index in [9.17, 15) is 4.79 Å². The van der Waals surface area contributed by atoms with Crippen LogP contribution in [0.4, 0.5) is 11.4 Å². The van der Waals surface area contributed by atoms with Gasteiger partial charge in [-0.1, -0.05) is 23.2 Å². The van der Waals surface area contributed by atoms with Gasteiger partial charge in [0, 0.05) is 24.3 Å². The number of morpholine rings is 1. The number of hydrogen-bond donors (Lipinski definition) is 1. The molecule has 2 aromatic rings. The number of anilines is 2. The number of hydrogen-bond acceptors (Lipinski definition) is 4. The lowest BCUT2D eigenvalue weighted by molar-refractivity contribution is 0.102. The Labute approximate surface area is 144 Å². The molecule has 3 rings (SSSR count). The van der Waals surface area contributed by atoms with Crippen LogP contribution in [0.15, 0.2) is 36.5 Å². The summed E-state index contributed by atoms with van der Waals surface area (Å²) >= 11 is 11.8. The zero-order valence-electron chi connectivity index (χ0n) is 12.3. The third-order valence-corrected chi connectivity index (χ3v) is 4.01. The maximum absolute atomic E-state index is 12.4. The third-order valence-electron chi connectivity index (χ3n) is 3.55. The zero-order chi connectivity index (χ0) is 16.2. The lowest BCUT2D eigenvalue weighted by Gasteiger charge is -2.30. The molecule has 0 unspecified atom stereocenters. The molecule has 2 heterocycles. The number of pyridine rings is 1. The number of carbonyl (C=O) groups is 1. The molecule has 120 valence electrons. The maximum atomic E-state index is 12.4. The average molecular weight is 352 g/mol. The van der Waals surface area contributed by atoms with E-state index in [1.165, 1.54) is 6.20 Å². The highest BCUT2D eigenvalue weighted by molar-refractivity contribution is 6.31. The molecule has 1 amide bonds. The molecular formula is C16H15Cl2N3O2. The Morgan fingerprint density at radius 3 is 2.65 bits per heavy atom. The molecule has 1 aliphatic rings. The highest BCUT2D eigenvalue weighted by Gasteiger charge is 2.17. The number of rotatable bonds is 3. The SMILES string of the molecule is O=C(Nc1cc(Cl)ccc1N1CCOCC1)c1ccc(Cl)nc1. The second kappa shape index (κ2) is 7.17. The van der Waals surface area contributed by atoms with Crippen molar-refractivity contribution in [2.24, 2.45) is 0 Å². The van der Waals surface area contributed by atoms with E-state index in [2.05, 4.69) is 15.2 Å². The molecule has 23 heavy (non-hydrogen) atoms. The van der Waals surface area contributed by atoms with Crippen molar-refractivity contribution in [2.75, 3.05) is 36.5 Å². The Kier molecular flexibility index (Phi) is 5.00. The largest absolute Gasteiger partial charge is 0.378 e. The van der Waals surface area contributed by atoms with Crippen molar-refractivity contribution in [3.05, 3.63) is 52.3 Å². The summed E-state index contributed by atoms with van der Waals surface area (Å²) in [7, 11) is 0. The van der Waals surface area contributed by atoms with Crippen molar-refractivity contribution in [1.82, 2.24) is 4.98 Å². The summed E-state index contributed by atoms with van der Waals surface area (Å²) in [5, 5.41) is 3.80. The molecule has 1 N–H and O–H groups in total. The smallest absolute Gasteiger partial charge is 0.257 e. The van der Waals surface area contributed by atoms with Crippen LogP contribution in [0.1, 0.15) is 10.4 Å². The van der Waals surface area contributed by atoms with Crippen LogP contribution in [0.3, 0.4) is 0 Å². The molecular weight excluding hydrogens is 337 g/mol. The minimum absolute atomic E-state index is 0.258. The summed E-state index contributed by atoms with van der Waals surface area (Å²) in [5.74, 6) is -0.258. The Morgan fingerprint density at radius 2 is 1.96 bits per heavy atom. The summed E-state index contributed by atoms with van der Waals surface area (Å²) in [6.07, 6.45) is 1.44. The number of benzene rings is 1. The normalized spacial score (nSPS) is 14.6. The quantitative estimate of drug-likeness (QED) is 0.860. The lowest BCUT2D eigenvalue weighted by Crippen LogP contribution is -2.36. The van der Waals surface area contributed by atoms with Crippen LogP contribution in [0, 0.1) is 0 Å². The molecule has 1 aliphatic heterocycles. The predicted octanol–water partition coefficient (Wildman–Crippen LogP) is 3.48. The van der Waals surface area contributed by atoms with Gasteiger partial charge in [0.1, 0.15) is 5.15 Å². The fraction of sp³-hybridized carbons (Fsp3) is 0.250. The Balaban J connectivity index is 1.84. The van der Waals surface area contributed by atoms with Crippen LogP contribution in [0.5, 0.6) is 0 Å². The van der Waals surface area contributed by atoms with E-state index in [0.29, 0.717) is 34.6 Å². The first kappa shape index (κ1) is 16.1. The van der Waals surface area contributed by atoms with Crippen LogP contribution in [-0.2, 0) is 4.74 Å².